The highest BCUT2D eigenvalue weighted by molar-refractivity contribution is 9.10. The lowest BCUT2D eigenvalue weighted by molar-refractivity contribution is -0.0116. The van der Waals surface area contributed by atoms with Crippen LogP contribution in [0.1, 0.15) is 23.2 Å². The summed E-state index contributed by atoms with van der Waals surface area (Å²) in [6.07, 6.45) is 1.18. The molecule has 1 aliphatic heterocycles. The largest absolute Gasteiger partial charge is 0.365 e. The van der Waals surface area contributed by atoms with E-state index in [0.717, 1.165) is 12.0 Å². The number of alkyl halides is 2. The van der Waals surface area contributed by atoms with Gasteiger partial charge in [0.15, 0.2) is 6.29 Å². The Morgan fingerprint density at radius 2 is 2.18 bits per heavy atom. The van der Waals surface area contributed by atoms with E-state index in [1.54, 1.807) is 23.1 Å². The van der Waals surface area contributed by atoms with Crippen LogP contribution >= 0.6 is 15.9 Å². The Balaban J connectivity index is 2.22. The average Bonchev–Trinajstić information content (AvgIpc) is 2.27. The molecule has 0 spiro atoms. The number of carbonyl (C=O) groups is 1. The lowest BCUT2D eigenvalue weighted by atomic mass is 10.1. The maximum absolute atomic E-state index is 13.3. The predicted molar refractivity (Wildman–Crippen MR) is 65.9 cm³/mol. The van der Waals surface area contributed by atoms with E-state index in [9.17, 15) is 13.6 Å². The highest BCUT2D eigenvalue weighted by Gasteiger charge is 2.35. The van der Waals surface area contributed by atoms with E-state index in [2.05, 4.69) is 15.9 Å². The number of aldehydes is 1. The van der Waals surface area contributed by atoms with Gasteiger partial charge in [0.25, 0.3) is 5.92 Å². The van der Waals surface area contributed by atoms with E-state index in [0.29, 0.717) is 23.0 Å². The van der Waals surface area contributed by atoms with Crippen LogP contribution in [0.4, 0.5) is 14.5 Å². The number of rotatable bonds is 2. The molecule has 1 saturated heterocycles. The summed E-state index contributed by atoms with van der Waals surface area (Å²) in [4.78, 5) is 12.3. The van der Waals surface area contributed by atoms with Gasteiger partial charge >= 0.3 is 0 Å². The molecule has 92 valence electrons. The normalized spacial score (nSPS) is 19.1. The Hall–Kier alpha value is -0.970. The number of halogens is 3. The Kier molecular flexibility index (Phi) is 3.47. The molecule has 0 atom stereocenters. The van der Waals surface area contributed by atoms with Gasteiger partial charge in [-0.05, 0) is 40.5 Å². The van der Waals surface area contributed by atoms with Crippen molar-refractivity contribution in [1.29, 1.82) is 0 Å². The van der Waals surface area contributed by atoms with E-state index < -0.39 is 5.92 Å². The summed E-state index contributed by atoms with van der Waals surface area (Å²) in [6, 6.07) is 5.06. The van der Waals surface area contributed by atoms with Crippen LogP contribution < -0.4 is 4.90 Å². The van der Waals surface area contributed by atoms with E-state index in [-0.39, 0.29) is 13.0 Å². The first-order valence-electron chi connectivity index (χ1n) is 5.39. The molecular weight excluding hydrogens is 292 g/mol. The van der Waals surface area contributed by atoms with Crippen LogP contribution in [-0.2, 0) is 0 Å². The summed E-state index contributed by atoms with van der Waals surface area (Å²) in [5.41, 5.74) is 1.25. The van der Waals surface area contributed by atoms with Crippen molar-refractivity contribution < 1.29 is 13.6 Å². The summed E-state index contributed by atoms with van der Waals surface area (Å²) in [5, 5.41) is 0. The molecule has 0 N–H and O–H groups in total. The molecule has 0 aromatic heterocycles. The third kappa shape index (κ3) is 2.83. The van der Waals surface area contributed by atoms with Crippen molar-refractivity contribution in [3.8, 4) is 0 Å². The second-order valence-electron chi connectivity index (χ2n) is 4.20. The van der Waals surface area contributed by atoms with Crippen molar-refractivity contribution in [2.45, 2.75) is 18.8 Å². The van der Waals surface area contributed by atoms with Gasteiger partial charge in [-0.25, -0.2) is 8.78 Å². The molecular formula is C12H12BrF2NO. The molecule has 1 aromatic rings. The molecule has 0 radical (unpaired) electrons. The molecule has 5 heteroatoms. The van der Waals surface area contributed by atoms with E-state index in [1.165, 1.54) is 0 Å². The van der Waals surface area contributed by atoms with Crippen molar-refractivity contribution >= 4 is 27.9 Å². The van der Waals surface area contributed by atoms with Crippen LogP contribution in [0.2, 0.25) is 0 Å². The minimum atomic E-state index is -2.62. The number of anilines is 1. The average molecular weight is 304 g/mol. The van der Waals surface area contributed by atoms with Crippen LogP contribution in [0.25, 0.3) is 0 Å². The Labute approximate surface area is 107 Å². The monoisotopic (exact) mass is 303 g/mol. The van der Waals surface area contributed by atoms with Crippen molar-refractivity contribution in [2.24, 2.45) is 0 Å². The number of carbonyl (C=O) groups excluding carboxylic acids is 1. The summed E-state index contributed by atoms with van der Waals surface area (Å²) in [7, 11) is 0. The van der Waals surface area contributed by atoms with Crippen LogP contribution in [0.5, 0.6) is 0 Å². The van der Waals surface area contributed by atoms with Gasteiger partial charge in [0.05, 0.1) is 6.54 Å². The zero-order valence-electron chi connectivity index (χ0n) is 9.13. The van der Waals surface area contributed by atoms with Gasteiger partial charge in [0.1, 0.15) is 0 Å². The number of benzene rings is 1. The van der Waals surface area contributed by atoms with Crippen LogP contribution in [0.15, 0.2) is 22.7 Å². The summed E-state index contributed by atoms with van der Waals surface area (Å²) >= 11 is 3.26. The molecule has 0 amide bonds. The zero-order valence-corrected chi connectivity index (χ0v) is 10.7. The molecule has 0 saturated carbocycles. The Morgan fingerprint density at radius 1 is 1.41 bits per heavy atom. The summed E-state index contributed by atoms with van der Waals surface area (Å²) in [6.45, 7) is 0.377. The van der Waals surface area contributed by atoms with Crippen molar-refractivity contribution in [3.05, 3.63) is 28.2 Å². The van der Waals surface area contributed by atoms with Gasteiger partial charge in [-0.2, -0.15) is 0 Å². The Morgan fingerprint density at radius 3 is 2.76 bits per heavy atom. The molecule has 0 bridgehead atoms. The minimum Gasteiger partial charge on any atom is -0.365 e. The third-order valence-corrected chi connectivity index (χ3v) is 3.56. The molecule has 0 unspecified atom stereocenters. The standard InChI is InChI=1S/C12H12BrF2NO/c13-11-6-10(3-2-9(11)7-17)16-5-1-4-12(14,15)8-16/h2-3,6-7H,1,4-5,8H2. The van der Waals surface area contributed by atoms with E-state index in [4.69, 9.17) is 0 Å². The van der Waals surface area contributed by atoms with Gasteiger partial charge in [-0.15, -0.1) is 0 Å². The maximum Gasteiger partial charge on any atom is 0.265 e. The number of hydrogen-bond donors (Lipinski definition) is 0. The first kappa shape index (κ1) is 12.5. The fraction of sp³-hybridized carbons (Fsp3) is 0.417. The van der Waals surface area contributed by atoms with Gasteiger partial charge < -0.3 is 4.90 Å². The van der Waals surface area contributed by atoms with Crippen molar-refractivity contribution in [2.75, 3.05) is 18.0 Å². The van der Waals surface area contributed by atoms with Crippen LogP contribution in [0.3, 0.4) is 0 Å². The van der Waals surface area contributed by atoms with Crippen molar-refractivity contribution in [1.82, 2.24) is 0 Å². The SMILES string of the molecule is O=Cc1ccc(N2CCCC(F)(F)C2)cc1Br. The number of piperidine rings is 1. The number of nitrogens with zero attached hydrogens (tertiary/aromatic N) is 1. The van der Waals surface area contributed by atoms with Crippen LogP contribution in [0, 0.1) is 0 Å². The molecule has 1 heterocycles. The van der Waals surface area contributed by atoms with Gasteiger partial charge in [0, 0.05) is 28.7 Å². The molecule has 17 heavy (non-hydrogen) atoms. The fourth-order valence-corrected chi connectivity index (χ4v) is 2.45. The van der Waals surface area contributed by atoms with Crippen LogP contribution in [-0.4, -0.2) is 25.3 Å². The second kappa shape index (κ2) is 4.72. The number of hydrogen-bond acceptors (Lipinski definition) is 2. The smallest absolute Gasteiger partial charge is 0.265 e. The molecule has 1 aromatic carbocycles. The maximum atomic E-state index is 13.3. The summed E-state index contributed by atoms with van der Waals surface area (Å²) < 4.78 is 27.2. The molecule has 2 nitrogen and oxygen atoms in total. The van der Waals surface area contributed by atoms with E-state index in [1.807, 2.05) is 0 Å². The fourth-order valence-electron chi connectivity index (χ4n) is 1.99. The second-order valence-corrected chi connectivity index (χ2v) is 5.06. The molecule has 2 rings (SSSR count). The first-order valence-corrected chi connectivity index (χ1v) is 6.19. The molecule has 1 aliphatic rings. The van der Waals surface area contributed by atoms with Gasteiger partial charge in [0.2, 0.25) is 0 Å². The van der Waals surface area contributed by atoms with Gasteiger partial charge in [-0.1, -0.05) is 0 Å². The highest BCUT2D eigenvalue weighted by atomic mass is 79.9. The summed E-state index contributed by atoms with van der Waals surface area (Å²) in [5.74, 6) is -2.62. The highest BCUT2D eigenvalue weighted by Crippen LogP contribution is 2.31. The van der Waals surface area contributed by atoms with E-state index >= 15 is 0 Å². The minimum absolute atomic E-state index is 0.0446. The topological polar surface area (TPSA) is 20.3 Å². The van der Waals surface area contributed by atoms with Gasteiger partial charge in [-0.3, -0.25) is 4.79 Å². The lowest BCUT2D eigenvalue weighted by Gasteiger charge is -2.34. The quantitative estimate of drug-likeness (QED) is 0.780. The predicted octanol–water partition coefficient (Wildman–Crippen LogP) is 3.50. The van der Waals surface area contributed by atoms with Crippen molar-refractivity contribution in [3.63, 3.8) is 0 Å². The zero-order chi connectivity index (χ0) is 12.5. The first-order chi connectivity index (χ1) is 8.02. The third-order valence-electron chi connectivity index (χ3n) is 2.87. The lowest BCUT2D eigenvalue weighted by Crippen LogP contribution is -2.42. The molecule has 1 fully saturated rings. The Bertz CT molecular complexity index is 437. The molecule has 0 aliphatic carbocycles.